The molecule has 0 atom stereocenters. The predicted molar refractivity (Wildman–Crippen MR) is 114 cm³/mol. The number of nitrogens with one attached hydrogen (secondary N) is 1. The molecular formula is C22H23N3O6. The van der Waals surface area contributed by atoms with Crippen LogP contribution >= 0.6 is 0 Å². The van der Waals surface area contributed by atoms with E-state index < -0.39 is 23.8 Å². The molecule has 1 N–H and O–H groups in total. The van der Waals surface area contributed by atoms with Gasteiger partial charge in [-0.15, -0.1) is 0 Å². The number of hydrogen-bond acceptors (Lipinski definition) is 6. The van der Waals surface area contributed by atoms with E-state index in [4.69, 9.17) is 9.47 Å². The molecule has 1 aromatic heterocycles. The van der Waals surface area contributed by atoms with Crippen LogP contribution in [0.15, 0.2) is 52.1 Å². The maximum absolute atomic E-state index is 12.9. The molecule has 0 spiro atoms. The summed E-state index contributed by atoms with van der Waals surface area (Å²) in [5.74, 6) is -0.341. The maximum Gasteiger partial charge on any atom is 0.331 e. The van der Waals surface area contributed by atoms with Crippen LogP contribution in [0, 0.1) is 0 Å². The first kappa shape index (κ1) is 21.8. The standard InChI is InChI=1S/C22H23N3O6/c1-4-31-19(26)13-25-21(28)17-11-15(7-10-18(17)24(2)22(25)29)20(27)23-12-14-5-8-16(30-3)9-6-14/h5-11H,4,12-13H2,1-3H3,(H,23,27). The second-order valence-corrected chi connectivity index (χ2v) is 6.80. The number of benzene rings is 2. The van der Waals surface area contributed by atoms with Gasteiger partial charge in [0.05, 0.1) is 24.6 Å². The van der Waals surface area contributed by atoms with E-state index in [1.54, 1.807) is 32.2 Å². The Kier molecular flexibility index (Phi) is 6.54. The van der Waals surface area contributed by atoms with Crippen LogP contribution in [0.25, 0.3) is 10.9 Å². The highest BCUT2D eigenvalue weighted by molar-refractivity contribution is 5.97. The molecule has 0 aliphatic heterocycles. The highest BCUT2D eigenvalue weighted by atomic mass is 16.5. The summed E-state index contributed by atoms with van der Waals surface area (Å²) in [4.78, 5) is 49.8. The first-order valence-electron chi connectivity index (χ1n) is 9.66. The zero-order valence-electron chi connectivity index (χ0n) is 17.5. The summed E-state index contributed by atoms with van der Waals surface area (Å²) < 4.78 is 12.0. The molecule has 9 heteroatoms. The number of fused-ring (bicyclic) bond motifs is 1. The molecule has 1 amide bonds. The predicted octanol–water partition coefficient (Wildman–Crippen LogP) is 1.20. The summed E-state index contributed by atoms with van der Waals surface area (Å²) in [6.07, 6.45) is 0. The SMILES string of the molecule is CCOC(=O)Cn1c(=O)c2cc(C(=O)NCc3ccc(OC)cc3)ccc2n(C)c1=O. The van der Waals surface area contributed by atoms with Gasteiger partial charge in [0.2, 0.25) is 0 Å². The molecule has 0 unspecified atom stereocenters. The molecule has 0 fully saturated rings. The number of nitrogens with zero attached hydrogens (tertiary/aromatic N) is 2. The Morgan fingerprint density at radius 2 is 1.77 bits per heavy atom. The lowest BCUT2D eigenvalue weighted by Gasteiger charge is -2.12. The first-order valence-corrected chi connectivity index (χ1v) is 9.66. The van der Waals surface area contributed by atoms with Gasteiger partial charge in [-0.25, -0.2) is 9.36 Å². The minimum absolute atomic E-state index is 0.139. The summed E-state index contributed by atoms with van der Waals surface area (Å²) in [5.41, 5.74) is 0.216. The maximum atomic E-state index is 12.9. The van der Waals surface area contributed by atoms with Crippen LogP contribution in [0.1, 0.15) is 22.8 Å². The number of methoxy groups -OCH3 is 1. The fraction of sp³-hybridized carbons (Fsp3) is 0.273. The molecule has 9 nitrogen and oxygen atoms in total. The Morgan fingerprint density at radius 3 is 2.42 bits per heavy atom. The summed E-state index contributed by atoms with van der Waals surface area (Å²) in [6, 6.07) is 11.8. The molecule has 1 heterocycles. The third-order valence-electron chi connectivity index (χ3n) is 4.82. The number of aromatic nitrogens is 2. The Labute approximate surface area is 177 Å². The molecule has 31 heavy (non-hydrogen) atoms. The molecule has 0 aliphatic carbocycles. The Bertz CT molecular complexity index is 1240. The third-order valence-corrected chi connectivity index (χ3v) is 4.82. The summed E-state index contributed by atoms with van der Waals surface area (Å²) in [6.45, 7) is 1.57. The van der Waals surface area contributed by atoms with Crippen molar-refractivity contribution in [2.45, 2.75) is 20.0 Å². The van der Waals surface area contributed by atoms with Gasteiger partial charge in [0.1, 0.15) is 12.3 Å². The van der Waals surface area contributed by atoms with E-state index in [0.29, 0.717) is 17.8 Å². The first-order chi connectivity index (χ1) is 14.8. The number of aryl methyl sites for hydroxylation is 1. The van der Waals surface area contributed by atoms with Crippen molar-refractivity contribution in [3.63, 3.8) is 0 Å². The van der Waals surface area contributed by atoms with Gasteiger partial charge in [0.15, 0.2) is 0 Å². The highest BCUT2D eigenvalue weighted by Gasteiger charge is 2.16. The molecule has 0 aliphatic rings. The zero-order valence-corrected chi connectivity index (χ0v) is 17.5. The van der Waals surface area contributed by atoms with E-state index >= 15 is 0 Å². The average Bonchev–Trinajstić information content (AvgIpc) is 2.79. The van der Waals surface area contributed by atoms with E-state index in [-0.39, 0.29) is 23.5 Å². The molecule has 162 valence electrons. The number of ether oxygens (including phenoxy) is 2. The monoisotopic (exact) mass is 425 g/mol. The Morgan fingerprint density at radius 1 is 1.06 bits per heavy atom. The van der Waals surface area contributed by atoms with Crippen molar-refractivity contribution in [2.24, 2.45) is 7.05 Å². The highest BCUT2D eigenvalue weighted by Crippen LogP contribution is 2.13. The van der Waals surface area contributed by atoms with Crippen LogP contribution in [0.5, 0.6) is 5.75 Å². The quantitative estimate of drug-likeness (QED) is 0.570. The van der Waals surface area contributed by atoms with Crippen molar-refractivity contribution in [3.05, 3.63) is 74.4 Å². The summed E-state index contributed by atoms with van der Waals surface area (Å²) >= 11 is 0. The topological polar surface area (TPSA) is 109 Å². The van der Waals surface area contributed by atoms with Gasteiger partial charge in [0.25, 0.3) is 11.5 Å². The largest absolute Gasteiger partial charge is 0.497 e. The summed E-state index contributed by atoms with van der Waals surface area (Å²) in [7, 11) is 3.07. The molecule has 2 aromatic carbocycles. The number of carbonyl (C=O) groups excluding carboxylic acids is 2. The van der Waals surface area contributed by atoms with Gasteiger partial charge in [-0.05, 0) is 42.8 Å². The molecule has 0 bridgehead atoms. The van der Waals surface area contributed by atoms with Crippen molar-refractivity contribution < 1.29 is 19.1 Å². The Hall–Kier alpha value is -3.88. The Balaban J connectivity index is 1.89. The van der Waals surface area contributed by atoms with Crippen molar-refractivity contribution in [1.82, 2.24) is 14.5 Å². The second kappa shape index (κ2) is 9.29. The van der Waals surface area contributed by atoms with Gasteiger partial charge in [-0.2, -0.15) is 0 Å². The van der Waals surface area contributed by atoms with Gasteiger partial charge in [-0.3, -0.25) is 19.0 Å². The van der Waals surface area contributed by atoms with Crippen molar-refractivity contribution in [3.8, 4) is 5.75 Å². The smallest absolute Gasteiger partial charge is 0.331 e. The molecular weight excluding hydrogens is 402 g/mol. The van der Waals surface area contributed by atoms with Crippen LogP contribution in [0.4, 0.5) is 0 Å². The molecule has 3 rings (SSSR count). The van der Waals surface area contributed by atoms with E-state index in [9.17, 15) is 19.2 Å². The molecule has 0 saturated heterocycles. The van der Waals surface area contributed by atoms with Crippen LogP contribution in [0.3, 0.4) is 0 Å². The van der Waals surface area contributed by atoms with Crippen molar-refractivity contribution in [2.75, 3.05) is 13.7 Å². The fourth-order valence-electron chi connectivity index (χ4n) is 3.16. The van der Waals surface area contributed by atoms with E-state index in [2.05, 4.69) is 5.32 Å². The summed E-state index contributed by atoms with van der Waals surface area (Å²) in [5, 5.41) is 2.95. The molecule has 3 aromatic rings. The van der Waals surface area contributed by atoms with E-state index in [1.165, 1.54) is 23.7 Å². The number of amides is 1. The number of hydrogen-bond donors (Lipinski definition) is 1. The van der Waals surface area contributed by atoms with Crippen molar-refractivity contribution in [1.29, 1.82) is 0 Å². The normalized spacial score (nSPS) is 10.7. The van der Waals surface area contributed by atoms with E-state index in [0.717, 1.165) is 10.1 Å². The lowest BCUT2D eigenvalue weighted by atomic mass is 10.1. The van der Waals surface area contributed by atoms with Gasteiger partial charge in [0, 0.05) is 19.2 Å². The van der Waals surface area contributed by atoms with E-state index in [1.807, 2.05) is 12.1 Å². The van der Waals surface area contributed by atoms with Gasteiger partial charge < -0.3 is 14.8 Å². The number of esters is 1. The molecule has 0 saturated carbocycles. The lowest BCUT2D eigenvalue weighted by molar-refractivity contribution is -0.143. The van der Waals surface area contributed by atoms with Crippen LogP contribution in [0.2, 0.25) is 0 Å². The van der Waals surface area contributed by atoms with Gasteiger partial charge in [-0.1, -0.05) is 12.1 Å². The lowest BCUT2D eigenvalue weighted by Crippen LogP contribution is -2.41. The number of rotatable bonds is 7. The molecule has 0 radical (unpaired) electrons. The van der Waals surface area contributed by atoms with Crippen LogP contribution < -0.4 is 21.3 Å². The zero-order chi connectivity index (χ0) is 22.5. The second-order valence-electron chi connectivity index (χ2n) is 6.80. The minimum atomic E-state index is -0.686. The third kappa shape index (κ3) is 4.66. The van der Waals surface area contributed by atoms with Gasteiger partial charge >= 0.3 is 11.7 Å². The fourth-order valence-corrected chi connectivity index (χ4v) is 3.16. The van der Waals surface area contributed by atoms with Crippen molar-refractivity contribution >= 4 is 22.8 Å². The van der Waals surface area contributed by atoms with Crippen LogP contribution in [-0.4, -0.2) is 34.7 Å². The minimum Gasteiger partial charge on any atom is -0.497 e. The van der Waals surface area contributed by atoms with Crippen LogP contribution in [-0.2, 0) is 29.7 Å². The number of carbonyl (C=O) groups is 2. The average molecular weight is 425 g/mol.